The number of halogens is 3. The van der Waals surface area contributed by atoms with Crippen LogP contribution in [0.15, 0.2) is 36.4 Å². The van der Waals surface area contributed by atoms with Gasteiger partial charge in [0.15, 0.2) is 0 Å². The molecule has 2 N–H and O–H groups in total. The topological polar surface area (TPSA) is 98.8 Å². The van der Waals surface area contributed by atoms with Gasteiger partial charge in [0.25, 0.3) is 11.8 Å². The van der Waals surface area contributed by atoms with Crippen molar-refractivity contribution in [1.82, 2.24) is 15.1 Å². The SMILES string of the molecule is CNC(=O)c1ccc(NC(=O)C(=O)N2CCN(C(=O)c3c(Cl)cccc3Cl)CC2)cc1Cl. The van der Waals surface area contributed by atoms with Crippen molar-refractivity contribution >= 4 is 64.1 Å². The second kappa shape index (κ2) is 10.2. The molecule has 0 aromatic heterocycles. The Labute approximate surface area is 199 Å². The predicted molar refractivity (Wildman–Crippen MR) is 122 cm³/mol. The molecule has 0 atom stereocenters. The number of carbonyl (C=O) groups is 4. The van der Waals surface area contributed by atoms with Crippen LogP contribution in [-0.2, 0) is 9.59 Å². The highest BCUT2D eigenvalue weighted by atomic mass is 35.5. The Morgan fingerprint density at radius 3 is 2.00 bits per heavy atom. The molecule has 0 bridgehead atoms. The van der Waals surface area contributed by atoms with Gasteiger partial charge in [0.1, 0.15) is 0 Å². The molecule has 0 unspecified atom stereocenters. The summed E-state index contributed by atoms with van der Waals surface area (Å²) in [5, 5.41) is 5.58. The zero-order chi connectivity index (χ0) is 23.4. The highest BCUT2D eigenvalue weighted by Gasteiger charge is 2.30. The molecule has 4 amide bonds. The Morgan fingerprint density at radius 2 is 1.44 bits per heavy atom. The summed E-state index contributed by atoms with van der Waals surface area (Å²) in [4.78, 5) is 52.3. The summed E-state index contributed by atoms with van der Waals surface area (Å²) in [5.74, 6) is -2.28. The van der Waals surface area contributed by atoms with Crippen molar-refractivity contribution in [2.24, 2.45) is 0 Å². The molecule has 1 aliphatic rings. The monoisotopic (exact) mass is 496 g/mol. The van der Waals surface area contributed by atoms with Crippen molar-refractivity contribution < 1.29 is 19.2 Å². The summed E-state index contributed by atoms with van der Waals surface area (Å²) in [7, 11) is 1.48. The smallest absolute Gasteiger partial charge is 0.313 e. The molecule has 11 heteroatoms. The van der Waals surface area contributed by atoms with E-state index in [2.05, 4.69) is 10.6 Å². The first kappa shape index (κ1) is 23.8. The number of rotatable bonds is 3. The molecular weight excluding hydrogens is 479 g/mol. The normalized spacial score (nSPS) is 13.5. The first-order chi connectivity index (χ1) is 15.2. The van der Waals surface area contributed by atoms with Crippen LogP contribution in [0.25, 0.3) is 0 Å². The average Bonchev–Trinajstić information content (AvgIpc) is 2.78. The molecule has 0 aliphatic carbocycles. The molecule has 0 saturated carbocycles. The number of carbonyl (C=O) groups excluding carboxylic acids is 4. The lowest BCUT2D eigenvalue weighted by Gasteiger charge is -2.34. The third kappa shape index (κ3) is 5.15. The highest BCUT2D eigenvalue weighted by molar-refractivity contribution is 6.40. The van der Waals surface area contributed by atoms with E-state index in [9.17, 15) is 19.2 Å². The summed E-state index contributed by atoms with van der Waals surface area (Å²) < 4.78 is 0. The number of piperazine rings is 1. The quantitative estimate of drug-likeness (QED) is 0.637. The van der Waals surface area contributed by atoms with Gasteiger partial charge in [0.2, 0.25) is 0 Å². The van der Waals surface area contributed by atoms with Crippen LogP contribution in [0.4, 0.5) is 5.69 Å². The Kier molecular flexibility index (Phi) is 7.60. The molecular formula is C21H19Cl3N4O4. The van der Waals surface area contributed by atoms with E-state index in [1.807, 2.05) is 0 Å². The van der Waals surface area contributed by atoms with Crippen LogP contribution < -0.4 is 10.6 Å². The fraction of sp³-hybridized carbons (Fsp3) is 0.238. The van der Waals surface area contributed by atoms with Gasteiger partial charge in [0, 0.05) is 38.9 Å². The minimum absolute atomic E-state index is 0.139. The van der Waals surface area contributed by atoms with Gasteiger partial charge in [-0.25, -0.2) is 0 Å². The maximum Gasteiger partial charge on any atom is 0.313 e. The van der Waals surface area contributed by atoms with Crippen molar-refractivity contribution in [1.29, 1.82) is 0 Å². The average molecular weight is 498 g/mol. The maximum absolute atomic E-state index is 12.8. The number of nitrogens with zero attached hydrogens (tertiary/aromatic N) is 2. The summed E-state index contributed by atoms with van der Waals surface area (Å²) in [6.45, 7) is 0.810. The molecule has 1 heterocycles. The molecule has 1 aliphatic heterocycles. The molecule has 8 nitrogen and oxygen atoms in total. The van der Waals surface area contributed by atoms with Gasteiger partial charge in [-0.15, -0.1) is 0 Å². The van der Waals surface area contributed by atoms with Crippen LogP contribution in [0.1, 0.15) is 20.7 Å². The van der Waals surface area contributed by atoms with Gasteiger partial charge in [-0.1, -0.05) is 40.9 Å². The Bertz CT molecular complexity index is 1060. The van der Waals surface area contributed by atoms with E-state index in [-0.39, 0.29) is 69.9 Å². The van der Waals surface area contributed by atoms with Crippen LogP contribution in [-0.4, -0.2) is 66.7 Å². The number of amides is 4. The van der Waals surface area contributed by atoms with Crippen LogP contribution in [0.3, 0.4) is 0 Å². The lowest BCUT2D eigenvalue weighted by atomic mass is 10.1. The van der Waals surface area contributed by atoms with E-state index in [0.29, 0.717) is 0 Å². The van der Waals surface area contributed by atoms with Crippen molar-refractivity contribution in [2.75, 3.05) is 38.5 Å². The van der Waals surface area contributed by atoms with E-state index in [1.165, 1.54) is 35.0 Å². The highest BCUT2D eigenvalue weighted by Crippen LogP contribution is 2.26. The lowest BCUT2D eigenvalue weighted by molar-refractivity contribution is -0.144. The third-order valence-electron chi connectivity index (χ3n) is 4.92. The molecule has 3 rings (SSSR count). The Hall–Kier alpha value is -2.81. The zero-order valence-corrected chi connectivity index (χ0v) is 19.2. The number of nitrogens with one attached hydrogen (secondary N) is 2. The molecule has 32 heavy (non-hydrogen) atoms. The van der Waals surface area contributed by atoms with Crippen LogP contribution in [0.5, 0.6) is 0 Å². The van der Waals surface area contributed by atoms with E-state index in [4.69, 9.17) is 34.8 Å². The van der Waals surface area contributed by atoms with Crippen LogP contribution in [0, 0.1) is 0 Å². The molecule has 0 radical (unpaired) electrons. The Balaban J connectivity index is 1.59. The number of anilines is 1. The van der Waals surface area contributed by atoms with E-state index in [0.717, 1.165) is 0 Å². The minimum atomic E-state index is -0.845. The summed E-state index contributed by atoms with van der Waals surface area (Å²) >= 11 is 18.3. The molecule has 168 valence electrons. The standard InChI is InChI=1S/C21H19Cl3N4O4/c1-25-18(29)13-6-5-12(11-16(13)24)26-19(30)21(32)28-9-7-27(8-10-28)20(31)17-14(22)3-2-4-15(17)23/h2-6,11H,7-10H2,1H3,(H,25,29)(H,26,30). The Morgan fingerprint density at radius 1 is 0.844 bits per heavy atom. The maximum atomic E-state index is 12.8. The van der Waals surface area contributed by atoms with Crippen molar-refractivity contribution in [2.45, 2.75) is 0 Å². The fourth-order valence-corrected chi connectivity index (χ4v) is 4.04. The second-order valence-corrected chi connectivity index (χ2v) is 8.13. The van der Waals surface area contributed by atoms with E-state index >= 15 is 0 Å². The lowest BCUT2D eigenvalue weighted by Crippen LogP contribution is -2.53. The molecule has 2 aromatic rings. The van der Waals surface area contributed by atoms with Gasteiger partial charge in [0.05, 0.1) is 26.2 Å². The first-order valence-electron chi connectivity index (χ1n) is 9.58. The molecule has 2 aromatic carbocycles. The summed E-state index contributed by atoms with van der Waals surface area (Å²) in [5.41, 5.74) is 0.742. The largest absolute Gasteiger partial charge is 0.355 e. The van der Waals surface area contributed by atoms with Gasteiger partial charge in [-0.2, -0.15) is 0 Å². The molecule has 1 saturated heterocycles. The van der Waals surface area contributed by atoms with Gasteiger partial charge in [-0.3, -0.25) is 19.2 Å². The predicted octanol–water partition coefficient (Wildman–Crippen LogP) is 2.93. The first-order valence-corrected chi connectivity index (χ1v) is 10.7. The second-order valence-electron chi connectivity index (χ2n) is 6.91. The van der Waals surface area contributed by atoms with Crippen molar-refractivity contribution in [3.05, 3.63) is 62.6 Å². The summed E-state index contributed by atoms with van der Waals surface area (Å²) in [6, 6.07) is 9.13. The summed E-state index contributed by atoms with van der Waals surface area (Å²) in [6.07, 6.45) is 0. The van der Waals surface area contributed by atoms with Crippen LogP contribution >= 0.6 is 34.8 Å². The fourth-order valence-electron chi connectivity index (χ4n) is 3.21. The molecule has 0 spiro atoms. The number of benzene rings is 2. The van der Waals surface area contributed by atoms with Gasteiger partial charge < -0.3 is 20.4 Å². The van der Waals surface area contributed by atoms with Gasteiger partial charge >= 0.3 is 11.8 Å². The van der Waals surface area contributed by atoms with Gasteiger partial charge in [-0.05, 0) is 30.3 Å². The minimum Gasteiger partial charge on any atom is -0.355 e. The molecule has 1 fully saturated rings. The van der Waals surface area contributed by atoms with Crippen LogP contribution in [0.2, 0.25) is 15.1 Å². The number of hydrogen-bond donors (Lipinski definition) is 2. The van der Waals surface area contributed by atoms with E-state index in [1.54, 1.807) is 18.2 Å². The van der Waals surface area contributed by atoms with Crippen molar-refractivity contribution in [3.63, 3.8) is 0 Å². The van der Waals surface area contributed by atoms with E-state index < -0.39 is 11.8 Å². The third-order valence-corrected chi connectivity index (χ3v) is 5.87. The number of hydrogen-bond acceptors (Lipinski definition) is 4. The van der Waals surface area contributed by atoms with Crippen molar-refractivity contribution in [3.8, 4) is 0 Å². The zero-order valence-electron chi connectivity index (χ0n) is 17.0.